The van der Waals surface area contributed by atoms with Crippen molar-refractivity contribution in [3.63, 3.8) is 0 Å². The van der Waals surface area contributed by atoms with E-state index in [0.717, 1.165) is 11.4 Å². The lowest BCUT2D eigenvalue weighted by atomic mass is 10.2. The molecule has 0 spiro atoms. The van der Waals surface area contributed by atoms with Gasteiger partial charge in [-0.3, -0.25) is 4.79 Å². The van der Waals surface area contributed by atoms with Crippen LogP contribution >= 0.6 is 0 Å². The average molecular weight is 244 g/mol. The Morgan fingerprint density at radius 1 is 1.33 bits per heavy atom. The highest BCUT2D eigenvalue weighted by atomic mass is 16.3. The van der Waals surface area contributed by atoms with Gasteiger partial charge in [0, 0.05) is 31.3 Å². The van der Waals surface area contributed by atoms with Crippen molar-refractivity contribution in [2.24, 2.45) is 0 Å². The minimum Gasteiger partial charge on any atom is -0.469 e. The Kier molecular flexibility index (Phi) is 3.67. The number of nitrogens with zero attached hydrogens (tertiary/aromatic N) is 1. The predicted octanol–water partition coefficient (Wildman–Crippen LogP) is 2.46. The third-order valence-electron chi connectivity index (χ3n) is 2.80. The summed E-state index contributed by atoms with van der Waals surface area (Å²) in [6, 6.07) is 11.0. The van der Waals surface area contributed by atoms with Crippen LogP contribution in [-0.4, -0.2) is 13.0 Å². The van der Waals surface area contributed by atoms with Gasteiger partial charge in [-0.15, -0.1) is 0 Å². The van der Waals surface area contributed by atoms with E-state index in [2.05, 4.69) is 0 Å². The van der Waals surface area contributed by atoms with Crippen molar-refractivity contribution < 1.29 is 9.21 Å². The normalized spacial score (nSPS) is 10.3. The highest BCUT2D eigenvalue weighted by Gasteiger charge is 2.11. The smallest absolute Gasteiger partial charge is 0.227 e. The lowest BCUT2D eigenvalue weighted by Crippen LogP contribution is -2.26. The maximum Gasteiger partial charge on any atom is 0.227 e. The van der Waals surface area contributed by atoms with E-state index in [9.17, 15) is 4.79 Å². The summed E-state index contributed by atoms with van der Waals surface area (Å²) >= 11 is 0. The zero-order valence-corrected chi connectivity index (χ0v) is 10.3. The fourth-order valence-electron chi connectivity index (χ4n) is 1.73. The van der Waals surface area contributed by atoms with Crippen LogP contribution in [0.2, 0.25) is 0 Å². The molecule has 4 heteroatoms. The first kappa shape index (κ1) is 12.2. The number of anilines is 2. The van der Waals surface area contributed by atoms with Gasteiger partial charge in [0.15, 0.2) is 0 Å². The zero-order valence-electron chi connectivity index (χ0n) is 10.3. The third kappa shape index (κ3) is 2.91. The minimum absolute atomic E-state index is 0.0389. The monoisotopic (exact) mass is 244 g/mol. The Labute approximate surface area is 106 Å². The molecule has 0 atom stereocenters. The number of hydrogen-bond donors (Lipinski definition) is 1. The van der Waals surface area contributed by atoms with E-state index in [1.165, 1.54) is 0 Å². The Morgan fingerprint density at radius 3 is 2.83 bits per heavy atom. The van der Waals surface area contributed by atoms with Gasteiger partial charge < -0.3 is 15.1 Å². The summed E-state index contributed by atoms with van der Waals surface area (Å²) in [5.41, 5.74) is 7.15. The van der Waals surface area contributed by atoms with Gasteiger partial charge in [0.2, 0.25) is 5.91 Å². The standard InChI is InChI=1S/C14H16N2O2/c1-16(12-5-2-4-11(15)10-12)14(17)8-7-13-6-3-9-18-13/h2-6,9-10H,7-8,15H2,1H3. The highest BCUT2D eigenvalue weighted by molar-refractivity contribution is 5.93. The van der Waals surface area contributed by atoms with E-state index < -0.39 is 0 Å². The second-order valence-corrected chi connectivity index (χ2v) is 4.13. The molecule has 1 aromatic carbocycles. The largest absolute Gasteiger partial charge is 0.469 e. The van der Waals surface area contributed by atoms with Gasteiger partial charge in [-0.05, 0) is 30.3 Å². The van der Waals surface area contributed by atoms with Crippen LogP contribution in [-0.2, 0) is 11.2 Å². The summed E-state index contributed by atoms with van der Waals surface area (Å²) in [5.74, 6) is 0.862. The molecule has 0 radical (unpaired) electrons. The van der Waals surface area contributed by atoms with Crippen molar-refractivity contribution in [1.29, 1.82) is 0 Å². The second kappa shape index (κ2) is 5.40. The van der Waals surface area contributed by atoms with Crippen LogP contribution in [0.25, 0.3) is 0 Å². The number of carbonyl (C=O) groups excluding carboxylic acids is 1. The molecule has 94 valence electrons. The van der Waals surface area contributed by atoms with Crippen LogP contribution in [0.5, 0.6) is 0 Å². The minimum atomic E-state index is 0.0389. The highest BCUT2D eigenvalue weighted by Crippen LogP contribution is 2.17. The number of rotatable bonds is 4. The molecule has 0 bridgehead atoms. The van der Waals surface area contributed by atoms with Crippen molar-refractivity contribution in [3.05, 3.63) is 48.4 Å². The van der Waals surface area contributed by atoms with Gasteiger partial charge in [-0.2, -0.15) is 0 Å². The predicted molar refractivity (Wildman–Crippen MR) is 71.3 cm³/mol. The van der Waals surface area contributed by atoms with E-state index >= 15 is 0 Å². The van der Waals surface area contributed by atoms with Crippen LogP contribution in [0, 0.1) is 0 Å². The molecule has 4 nitrogen and oxygen atoms in total. The number of amides is 1. The van der Waals surface area contributed by atoms with Crippen LogP contribution < -0.4 is 10.6 Å². The Balaban J connectivity index is 1.96. The third-order valence-corrected chi connectivity index (χ3v) is 2.80. The molecule has 0 aliphatic carbocycles. The molecule has 0 aliphatic rings. The first-order chi connectivity index (χ1) is 8.66. The fourth-order valence-corrected chi connectivity index (χ4v) is 1.73. The van der Waals surface area contributed by atoms with Gasteiger partial charge in [-0.1, -0.05) is 6.07 Å². The molecule has 0 aliphatic heterocycles. The topological polar surface area (TPSA) is 59.5 Å². The number of hydrogen-bond acceptors (Lipinski definition) is 3. The lowest BCUT2D eigenvalue weighted by molar-refractivity contribution is -0.118. The molecule has 1 heterocycles. The zero-order chi connectivity index (χ0) is 13.0. The van der Waals surface area contributed by atoms with Crippen molar-refractivity contribution in [2.75, 3.05) is 17.7 Å². The molecule has 0 saturated carbocycles. The quantitative estimate of drug-likeness (QED) is 0.840. The SMILES string of the molecule is CN(C(=O)CCc1ccco1)c1cccc(N)c1. The molecular weight excluding hydrogens is 228 g/mol. The van der Waals surface area contributed by atoms with Gasteiger partial charge in [0.05, 0.1) is 6.26 Å². The summed E-state index contributed by atoms with van der Waals surface area (Å²) in [7, 11) is 1.75. The maximum atomic E-state index is 12.0. The number of benzene rings is 1. The van der Waals surface area contributed by atoms with Crippen molar-refractivity contribution in [1.82, 2.24) is 0 Å². The van der Waals surface area contributed by atoms with E-state index in [-0.39, 0.29) is 5.91 Å². The molecular formula is C14H16N2O2. The lowest BCUT2D eigenvalue weighted by Gasteiger charge is -2.17. The van der Waals surface area contributed by atoms with Crippen molar-refractivity contribution in [2.45, 2.75) is 12.8 Å². The van der Waals surface area contributed by atoms with Gasteiger partial charge >= 0.3 is 0 Å². The molecule has 18 heavy (non-hydrogen) atoms. The molecule has 0 fully saturated rings. The molecule has 2 aromatic rings. The molecule has 0 saturated heterocycles. The maximum absolute atomic E-state index is 12.0. The Bertz CT molecular complexity index is 520. The molecule has 1 aromatic heterocycles. The molecule has 1 amide bonds. The van der Waals surface area contributed by atoms with Gasteiger partial charge in [-0.25, -0.2) is 0 Å². The summed E-state index contributed by atoms with van der Waals surface area (Å²) in [5, 5.41) is 0. The Morgan fingerprint density at radius 2 is 2.17 bits per heavy atom. The van der Waals surface area contributed by atoms with Crippen LogP contribution in [0.3, 0.4) is 0 Å². The van der Waals surface area contributed by atoms with E-state index in [0.29, 0.717) is 18.5 Å². The number of nitrogen functional groups attached to an aromatic ring is 1. The number of carbonyl (C=O) groups is 1. The van der Waals surface area contributed by atoms with Crippen molar-refractivity contribution >= 4 is 17.3 Å². The molecule has 2 rings (SSSR count). The molecule has 0 unspecified atom stereocenters. The first-order valence-electron chi connectivity index (χ1n) is 5.81. The summed E-state index contributed by atoms with van der Waals surface area (Å²) < 4.78 is 5.20. The van der Waals surface area contributed by atoms with Crippen molar-refractivity contribution in [3.8, 4) is 0 Å². The first-order valence-corrected chi connectivity index (χ1v) is 5.81. The summed E-state index contributed by atoms with van der Waals surface area (Å²) in [6.45, 7) is 0. The Hall–Kier alpha value is -2.23. The van der Waals surface area contributed by atoms with E-state index in [4.69, 9.17) is 10.2 Å². The van der Waals surface area contributed by atoms with Gasteiger partial charge in [0.25, 0.3) is 0 Å². The second-order valence-electron chi connectivity index (χ2n) is 4.13. The fraction of sp³-hybridized carbons (Fsp3) is 0.214. The number of aryl methyl sites for hydroxylation is 1. The van der Waals surface area contributed by atoms with Gasteiger partial charge in [0.1, 0.15) is 5.76 Å². The van der Waals surface area contributed by atoms with E-state index in [1.54, 1.807) is 30.3 Å². The number of furan rings is 1. The van der Waals surface area contributed by atoms with Crippen LogP contribution in [0.4, 0.5) is 11.4 Å². The molecule has 2 N–H and O–H groups in total. The van der Waals surface area contributed by atoms with E-state index in [1.807, 2.05) is 24.3 Å². The number of nitrogens with two attached hydrogens (primary N) is 1. The van der Waals surface area contributed by atoms with Crippen LogP contribution in [0.1, 0.15) is 12.2 Å². The van der Waals surface area contributed by atoms with Crippen LogP contribution in [0.15, 0.2) is 47.1 Å². The summed E-state index contributed by atoms with van der Waals surface area (Å²) in [4.78, 5) is 13.6. The summed E-state index contributed by atoms with van der Waals surface area (Å²) in [6.07, 6.45) is 2.64. The average Bonchev–Trinajstić information content (AvgIpc) is 2.88.